The Balaban J connectivity index is 1.89. The highest BCUT2D eigenvalue weighted by Crippen LogP contribution is 2.29. The van der Waals surface area contributed by atoms with E-state index in [1.54, 1.807) is 0 Å². The number of hydrogen-bond acceptors (Lipinski definition) is 2. The van der Waals surface area contributed by atoms with Crippen molar-refractivity contribution in [1.29, 1.82) is 0 Å². The van der Waals surface area contributed by atoms with E-state index >= 15 is 0 Å². The minimum Gasteiger partial charge on any atom is -0.394 e. The van der Waals surface area contributed by atoms with Crippen molar-refractivity contribution in [2.24, 2.45) is 0 Å². The molecule has 2 N–H and O–H groups in total. The number of benzene rings is 1. The molecule has 0 heterocycles. The number of aryl methyl sites for hydroxylation is 1. The lowest BCUT2D eigenvalue weighted by molar-refractivity contribution is -0.123. The van der Waals surface area contributed by atoms with Gasteiger partial charge in [-0.2, -0.15) is 0 Å². The largest absolute Gasteiger partial charge is 0.394 e. The van der Waals surface area contributed by atoms with Gasteiger partial charge in [-0.1, -0.05) is 18.9 Å². The predicted molar refractivity (Wildman–Crippen MR) is 71.1 cm³/mol. The summed E-state index contributed by atoms with van der Waals surface area (Å²) in [5.41, 5.74) is -0.177. The van der Waals surface area contributed by atoms with E-state index in [2.05, 4.69) is 5.32 Å². The lowest BCUT2D eigenvalue weighted by Gasteiger charge is -2.28. The van der Waals surface area contributed by atoms with Gasteiger partial charge in [0, 0.05) is 12.5 Å². The van der Waals surface area contributed by atoms with Crippen molar-refractivity contribution in [2.45, 2.75) is 44.1 Å². The highest BCUT2D eigenvalue weighted by molar-refractivity contribution is 5.77. The van der Waals surface area contributed by atoms with Gasteiger partial charge in [-0.3, -0.25) is 4.79 Å². The molecule has 1 aliphatic carbocycles. The highest BCUT2D eigenvalue weighted by atomic mass is 19.1. The standard InChI is InChI=1S/C15H19F2NO2/c16-12-5-3-11(13(17)9-12)4-6-14(20)18-15(10-19)7-1-2-8-15/h3,5,9,19H,1-2,4,6-8,10H2,(H,18,20). The van der Waals surface area contributed by atoms with Gasteiger partial charge in [0.25, 0.3) is 0 Å². The molecule has 0 spiro atoms. The Bertz CT molecular complexity index is 485. The molecular formula is C15H19F2NO2. The second-order valence-corrected chi connectivity index (χ2v) is 5.43. The highest BCUT2D eigenvalue weighted by Gasteiger charge is 2.34. The van der Waals surface area contributed by atoms with E-state index in [9.17, 15) is 18.7 Å². The zero-order chi connectivity index (χ0) is 14.6. The summed E-state index contributed by atoms with van der Waals surface area (Å²) in [6.07, 6.45) is 3.89. The molecule has 1 amide bonds. The van der Waals surface area contributed by atoms with E-state index in [0.717, 1.165) is 31.7 Å². The second kappa shape index (κ2) is 6.31. The number of hydrogen-bond donors (Lipinski definition) is 2. The molecule has 1 saturated carbocycles. The molecule has 1 fully saturated rings. The third kappa shape index (κ3) is 3.54. The fourth-order valence-electron chi connectivity index (χ4n) is 2.71. The Labute approximate surface area is 117 Å². The van der Waals surface area contributed by atoms with Crippen LogP contribution < -0.4 is 5.32 Å². The van der Waals surface area contributed by atoms with Gasteiger partial charge < -0.3 is 10.4 Å². The Morgan fingerprint density at radius 3 is 2.60 bits per heavy atom. The van der Waals surface area contributed by atoms with Crippen molar-refractivity contribution in [3.63, 3.8) is 0 Å². The third-order valence-electron chi connectivity index (χ3n) is 3.90. The zero-order valence-electron chi connectivity index (χ0n) is 11.3. The first-order valence-corrected chi connectivity index (χ1v) is 6.90. The molecule has 1 aromatic carbocycles. The number of carbonyl (C=O) groups excluding carboxylic acids is 1. The van der Waals surface area contributed by atoms with Crippen LogP contribution >= 0.6 is 0 Å². The summed E-state index contributed by atoms with van der Waals surface area (Å²) in [5.74, 6) is -1.46. The van der Waals surface area contributed by atoms with E-state index in [1.165, 1.54) is 12.1 Å². The van der Waals surface area contributed by atoms with E-state index in [1.807, 2.05) is 0 Å². The third-order valence-corrected chi connectivity index (χ3v) is 3.90. The van der Waals surface area contributed by atoms with Crippen molar-refractivity contribution in [1.82, 2.24) is 5.32 Å². The minimum absolute atomic E-state index is 0.0658. The summed E-state index contributed by atoms with van der Waals surface area (Å²) < 4.78 is 26.2. The molecule has 20 heavy (non-hydrogen) atoms. The SMILES string of the molecule is O=C(CCc1ccc(F)cc1F)NC1(CO)CCCC1. The molecule has 1 aromatic rings. The quantitative estimate of drug-likeness (QED) is 0.871. The first-order chi connectivity index (χ1) is 9.54. The number of rotatable bonds is 5. The molecule has 0 saturated heterocycles. The normalized spacial score (nSPS) is 17.1. The molecular weight excluding hydrogens is 264 g/mol. The van der Waals surface area contributed by atoms with Crippen LogP contribution in [0.4, 0.5) is 8.78 Å². The first kappa shape index (κ1) is 14.9. The summed E-state index contributed by atoms with van der Waals surface area (Å²) in [4.78, 5) is 11.9. The summed E-state index contributed by atoms with van der Waals surface area (Å²) in [6, 6.07) is 3.36. The van der Waals surface area contributed by atoms with Crippen molar-refractivity contribution >= 4 is 5.91 Å². The summed E-state index contributed by atoms with van der Waals surface area (Å²) in [5, 5.41) is 12.3. The van der Waals surface area contributed by atoms with Crippen LogP contribution in [0.15, 0.2) is 18.2 Å². The lowest BCUT2D eigenvalue weighted by atomic mass is 9.98. The van der Waals surface area contributed by atoms with Gasteiger partial charge >= 0.3 is 0 Å². The number of carbonyl (C=O) groups is 1. The van der Waals surface area contributed by atoms with Crippen LogP contribution in [0.1, 0.15) is 37.7 Å². The van der Waals surface area contributed by atoms with Crippen LogP contribution in [-0.4, -0.2) is 23.2 Å². The molecule has 3 nitrogen and oxygen atoms in total. The molecule has 0 bridgehead atoms. The fraction of sp³-hybridized carbons (Fsp3) is 0.533. The number of nitrogens with one attached hydrogen (secondary N) is 1. The van der Waals surface area contributed by atoms with Crippen molar-refractivity contribution < 1.29 is 18.7 Å². The first-order valence-electron chi connectivity index (χ1n) is 6.90. The van der Waals surface area contributed by atoms with Crippen molar-refractivity contribution in [3.05, 3.63) is 35.4 Å². The molecule has 110 valence electrons. The average molecular weight is 283 g/mol. The molecule has 5 heteroatoms. The molecule has 2 rings (SSSR count). The van der Waals surface area contributed by atoms with Crippen LogP contribution in [0, 0.1) is 11.6 Å². The topological polar surface area (TPSA) is 49.3 Å². The summed E-state index contributed by atoms with van der Waals surface area (Å²) in [6.45, 7) is -0.0658. The molecule has 1 aliphatic rings. The van der Waals surface area contributed by atoms with Crippen LogP contribution in [-0.2, 0) is 11.2 Å². The van der Waals surface area contributed by atoms with Gasteiger partial charge in [-0.25, -0.2) is 8.78 Å². The maximum Gasteiger partial charge on any atom is 0.220 e. The molecule has 0 aliphatic heterocycles. The maximum absolute atomic E-state index is 13.4. The Kier molecular flexibility index (Phi) is 4.70. The van der Waals surface area contributed by atoms with E-state index in [0.29, 0.717) is 5.56 Å². The van der Waals surface area contributed by atoms with Crippen molar-refractivity contribution in [2.75, 3.05) is 6.61 Å². The second-order valence-electron chi connectivity index (χ2n) is 5.43. The zero-order valence-corrected chi connectivity index (χ0v) is 11.3. The monoisotopic (exact) mass is 283 g/mol. The van der Waals surface area contributed by atoms with Crippen molar-refractivity contribution in [3.8, 4) is 0 Å². The van der Waals surface area contributed by atoms with E-state index in [4.69, 9.17) is 0 Å². The Morgan fingerprint density at radius 1 is 1.30 bits per heavy atom. The summed E-state index contributed by atoms with van der Waals surface area (Å²) >= 11 is 0. The molecule has 0 aromatic heterocycles. The lowest BCUT2D eigenvalue weighted by Crippen LogP contribution is -2.49. The van der Waals surface area contributed by atoms with Crippen LogP contribution in [0.2, 0.25) is 0 Å². The van der Waals surface area contributed by atoms with Gasteiger partial charge in [-0.15, -0.1) is 0 Å². The Hall–Kier alpha value is -1.49. The number of amides is 1. The van der Waals surface area contributed by atoms with E-state index in [-0.39, 0.29) is 25.4 Å². The van der Waals surface area contributed by atoms with Gasteiger partial charge in [0.15, 0.2) is 0 Å². The average Bonchev–Trinajstić information content (AvgIpc) is 2.87. The summed E-state index contributed by atoms with van der Waals surface area (Å²) in [7, 11) is 0. The van der Waals surface area contributed by atoms with Crippen LogP contribution in [0.5, 0.6) is 0 Å². The van der Waals surface area contributed by atoms with Crippen LogP contribution in [0.3, 0.4) is 0 Å². The minimum atomic E-state index is -0.629. The van der Waals surface area contributed by atoms with Gasteiger partial charge in [0.05, 0.1) is 12.1 Å². The number of halogens is 2. The maximum atomic E-state index is 13.4. The smallest absolute Gasteiger partial charge is 0.220 e. The van der Waals surface area contributed by atoms with Gasteiger partial charge in [0.1, 0.15) is 11.6 Å². The Morgan fingerprint density at radius 2 is 2.00 bits per heavy atom. The fourth-order valence-corrected chi connectivity index (χ4v) is 2.71. The number of aliphatic hydroxyl groups excluding tert-OH is 1. The van der Waals surface area contributed by atoms with Gasteiger partial charge in [0.2, 0.25) is 5.91 Å². The van der Waals surface area contributed by atoms with E-state index < -0.39 is 17.2 Å². The van der Waals surface area contributed by atoms with Crippen LogP contribution in [0.25, 0.3) is 0 Å². The van der Waals surface area contributed by atoms with Gasteiger partial charge in [-0.05, 0) is 30.9 Å². The predicted octanol–water partition coefficient (Wildman–Crippen LogP) is 2.32. The molecule has 0 atom stereocenters. The molecule has 0 unspecified atom stereocenters. The number of aliphatic hydroxyl groups is 1. The molecule has 0 radical (unpaired) electrons.